The Balaban J connectivity index is 1.54. The van der Waals surface area contributed by atoms with Crippen LogP contribution in [0.5, 0.6) is 5.75 Å². The van der Waals surface area contributed by atoms with Gasteiger partial charge in [-0.2, -0.15) is 0 Å². The molecule has 33 heavy (non-hydrogen) atoms. The molecule has 1 heterocycles. The zero-order valence-corrected chi connectivity index (χ0v) is 19.2. The van der Waals surface area contributed by atoms with Gasteiger partial charge in [-0.1, -0.05) is 12.1 Å². The van der Waals surface area contributed by atoms with E-state index in [9.17, 15) is 22.4 Å². The fraction of sp³-hybridized carbons (Fsp3) is 0.391. The molecule has 178 valence electrons. The Morgan fingerprint density at radius 2 is 1.97 bits per heavy atom. The molecule has 8 nitrogen and oxygen atoms in total. The molecule has 0 unspecified atom stereocenters. The van der Waals surface area contributed by atoms with Crippen molar-refractivity contribution in [1.29, 1.82) is 0 Å². The summed E-state index contributed by atoms with van der Waals surface area (Å²) in [6.07, 6.45) is 2.20. The Labute approximate surface area is 192 Å². The number of hydrogen-bond acceptors (Lipinski definition) is 5. The summed E-state index contributed by atoms with van der Waals surface area (Å²) < 4.78 is 42.1. The monoisotopic (exact) mass is 477 g/mol. The summed E-state index contributed by atoms with van der Waals surface area (Å²) in [4.78, 5) is 24.4. The van der Waals surface area contributed by atoms with Gasteiger partial charge in [0.2, 0.25) is 21.8 Å². The number of halogens is 1. The topological polar surface area (TPSA) is 128 Å². The number of ether oxygens (including phenoxy) is 1. The van der Waals surface area contributed by atoms with Crippen LogP contribution < -0.4 is 20.5 Å². The minimum absolute atomic E-state index is 0.0340. The average molecular weight is 478 g/mol. The number of nitrogens with two attached hydrogens (primary N) is 1. The number of primary sulfonamides is 1. The van der Waals surface area contributed by atoms with Crippen molar-refractivity contribution in [2.75, 3.05) is 13.7 Å². The molecule has 0 bridgehead atoms. The molecule has 10 heteroatoms. The van der Waals surface area contributed by atoms with Gasteiger partial charge in [0.15, 0.2) is 0 Å². The van der Waals surface area contributed by atoms with Gasteiger partial charge in [0.05, 0.1) is 12.0 Å². The van der Waals surface area contributed by atoms with Crippen LogP contribution in [-0.4, -0.2) is 39.4 Å². The van der Waals surface area contributed by atoms with Gasteiger partial charge in [-0.25, -0.2) is 17.9 Å². The second-order valence-electron chi connectivity index (χ2n) is 8.25. The largest absolute Gasteiger partial charge is 0.497 e. The number of carbonyl (C=O) groups excluding carboxylic acids is 2. The fourth-order valence-corrected chi connectivity index (χ4v) is 4.51. The number of amides is 2. The van der Waals surface area contributed by atoms with E-state index >= 15 is 0 Å². The molecule has 3 rings (SSSR count). The number of hydrogen-bond donors (Lipinski definition) is 3. The normalized spacial score (nSPS) is 18.1. The van der Waals surface area contributed by atoms with E-state index in [2.05, 4.69) is 10.6 Å². The van der Waals surface area contributed by atoms with Crippen LogP contribution >= 0.6 is 0 Å². The molecule has 0 aromatic heterocycles. The van der Waals surface area contributed by atoms with E-state index in [0.29, 0.717) is 43.5 Å². The Kier molecular flexibility index (Phi) is 7.70. The van der Waals surface area contributed by atoms with Gasteiger partial charge in [0, 0.05) is 24.9 Å². The van der Waals surface area contributed by atoms with Crippen molar-refractivity contribution in [3.63, 3.8) is 0 Å². The summed E-state index contributed by atoms with van der Waals surface area (Å²) in [5, 5.41) is 10.9. The van der Waals surface area contributed by atoms with Crippen LogP contribution in [0.25, 0.3) is 0 Å². The number of benzene rings is 2. The lowest BCUT2D eigenvalue weighted by atomic mass is 9.84. The zero-order valence-electron chi connectivity index (χ0n) is 18.4. The van der Waals surface area contributed by atoms with Gasteiger partial charge in [-0.3, -0.25) is 9.59 Å². The molecule has 2 amide bonds. The second-order valence-corrected chi connectivity index (χ2v) is 9.81. The summed E-state index contributed by atoms with van der Waals surface area (Å²) in [6, 6.07) is 10.6. The summed E-state index contributed by atoms with van der Waals surface area (Å²) in [6.45, 7) is 0.372. The molecule has 4 N–H and O–H groups in total. The molecule has 2 aromatic carbocycles. The highest BCUT2D eigenvalue weighted by Gasteiger charge is 2.38. The first-order valence-corrected chi connectivity index (χ1v) is 12.2. The van der Waals surface area contributed by atoms with Gasteiger partial charge in [-0.15, -0.1) is 0 Å². The lowest BCUT2D eigenvalue weighted by Crippen LogP contribution is -2.44. The number of nitrogens with one attached hydrogen (secondary N) is 2. The Morgan fingerprint density at radius 3 is 2.58 bits per heavy atom. The number of rotatable bonds is 10. The van der Waals surface area contributed by atoms with Crippen molar-refractivity contribution in [1.82, 2.24) is 10.6 Å². The lowest BCUT2D eigenvalue weighted by Gasteiger charge is -2.29. The van der Waals surface area contributed by atoms with Crippen molar-refractivity contribution < 1.29 is 27.1 Å². The maximum Gasteiger partial charge on any atom is 0.238 e. The van der Waals surface area contributed by atoms with Gasteiger partial charge in [-0.05, 0) is 67.1 Å². The number of carbonyl (C=O) groups is 2. The van der Waals surface area contributed by atoms with Gasteiger partial charge in [0.1, 0.15) is 11.6 Å². The summed E-state index contributed by atoms with van der Waals surface area (Å²) >= 11 is 0. The number of methoxy groups -OCH3 is 1. The third-order valence-corrected chi connectivity index (χ3v) is 6.76. The zero-order chi connectivity index (χ0) is 24.1. The predicted molar refractivity (Wildman–Crippen MR) is 121 cm³/mol. The van der Waals surface area contributed by atoms with Crippen LogP contribution in [0, 0.1) is 5.82 Å². The van der Waals surface area contributed by atoms with Crippen LogP contribution in [-0.2, 0) is 32.5 Å². The molecule has 1 aliphatic heterocycles. The molecule has 0 aliphatic carbocycles. The summed E-state index contributed by atoms with van der Waals surface area (Å²) in [7, 11) is -2.24. The summed E-state index contributed by atoms with van der Waals surface area (Å²) in [5.41, 5.74) is 0.598. The van der Waals surface area contributed by atoms with Crippen LogP contribution in [0.4, 0.5) is 4.39 Å². The molecule has 0 radical (unpaired) electrons. The van der Waals surface area contributed by atoms with Crippen LogP contribution in [0.2, 0.25) is 0 Å². The molecule has 1 aliphatic rings. The van der Waals surface area contributed by atoms with Crippen molar-refractivity contribution in [2.45, 2.75) is 49.0 Å². The molecule has 1 atom stereocenters. The molecule has 0 spiro atoms. The third-order valence-electron chi connectivity index (χ3n) is 5.84. The minimum atomic E-state index is -3.74. The van der Waals surface area contributed by atoms with Crippen molar-refractivity contribution in [3.8, 4) is 5.75 Å². The SMILES string of the molecule is COc1ccc(F)c(C[C@]2(CCC(=O)NCCc3ccc(S(N)(=O)=O)cc3)CCC(=O)N2)c1. The van der Waals surface area contributed by atoms with Gasteiger partial charge >= 0.3 is 0 Å². The van der Waals surface area contributed by atoms with Crippen molar-refractivity contribution in [3.05, 3.63) is 59.4 Å². The highest BCUT2D eigenvalue weighted by molar-refractivity contribution is 7.89. The van der Waals surface area contributed by atoms with E-state index < -0.39 is 15.6 Å². The summed E-state index contributed by atoms with van der Waals surface area (Å²) in [5.74, 6) is -0.139. The molecule has 2 aromatic rings. The van der Waals surface area contributed by atoms with Gasteiger partial charge in [0.25, 0.3) is 0 Å². The Morgan fingerprint density at radius 1 is 1.24 bits per heavy atom. The van der Waals surface area contributed by atoms with E-state index in [0.717, 1.165) is 5.56 Å². The average Bonchev–Trinajstić information content (AvgIpc) is 3.14. The predicted octanol–water partition coefficient (Wildman–Crippen LogP) is 1.81. The smallest absolute Gasteiger partial charge is 0.238 e. The Hall–Kier alpha value is -2.98. The standard InChI is InChI=1S/C23H28FN3O5S/c1-32-18-4-7-20(24)17(14-18)15-23(12-9-22(29)27-23)11-8-21(28)26-13-10-16-2-5-19(6-3-16)33(25,30)31/h2-7,14H,8-13,15H2,1H3,(H,26,28)(H,27,29)(H2,25,30,31)/t23-/m0/s1. The quantitative estimate of drug-likeness (QED) is 0.481. The minimum Gasteiger partial charge on any atom is -0.497 e. The van der Waals surface area contributed by atoms with Crippen LogP contribution in [0.3, 0.4) is 0 Å². The molecule has 0 saturated carbocycles. The van der Waals surface area contributed by atoms with E-state index in [4.69, 9.17) is 9.88 Å². The fourth-order valence-electron chi connectivity index (χ4n) is 3.99. The van der Waals surface area contributed by atoms with E-state index in [1.54, 1.807) is 18.2 Å². The second kappa shape index (κ2) is 10.3. The first kappa shape index (κ1) is 24.7. The molecule has 1 fully saturated rings. The third kappa shape index (κ3) is 6.75. The molecular formula is C23H28FN3O5S. The van der Waals surface area contributed by atoms with Gasteiger partial charge < -0.3 is 15.4 Å². The van der Waals surface area contributed by atoms with E-state index in [1.807, 2.05) is 0 Å². The highest BCUT2D eigenvalue weighted by atomic mass is 32.2. The maximum absolute atomic E-state index is 14.4. The van der Waals surface area contributed by atoms with E-state index in [1.165, 1.54) is 31.4 Å². The lowest BCUT2D eigenvalue weighted by molar-refractivity contribution is -0.122. The van der Waals surface area contributed by atoms with Crippen molar-refractivity contribution >= 4 is 21.8 Å². The first-order valence-electron chi connectivity index (χ1n) is 10.6. The first-order chi connectivity index (χ1) is 15.6. The van der Waals surface area contributed by atoms with Crippen LogP contribution in [0.1, 0.15) is 36.8 Å². The highest BCUT2D eigenvalue weighted by Crippen LogP contribution is 2.31. The Bertz CT molecular complexity index is 1120. The van der Waals surface area contributed by atoms with Crippen molar-refractivity contribution in [2.24, 2.45) is 5.14 Å². The molecular weight excluding hydrogens is 449 g/mol. The molecule has 1 saturated heterocycles. The van der Waals surface area contributed by atoms with E-state index in [-0.39, 0.29) is 35.4 Å². The maximum atomic E-state index is 14.4. The van der Waals surface area contributed by atoms with Crippen LogP contribution in [0.15, 0.2) is 47.4 Å². The number of sulfonamides is 1.